The summed E-state index contributed by atoms with van der Waals surface area (Å²) < 4.78 is 0. The van der Waals surface area contributed by atoms with Crippen LogP contribution in [0.15, 0.2) is 0 Å². The van der Waals surface area contributed by atoms with Crippen LogP contribution >= 0.6 is 0 Å². The highest BCUT2D eigenvalue weighted by atomic mass is 16.1. The average Bonchev–Trinajstić information content (AvgIpc) is 2.28. The summed E-state index contributed by atoms with van der Waals surface area (Å²) in [6.07, 6.45) is 1.12. The Kier molecular flexibility index (Phi) is 3.69. The standard InChI is InChI=1S/C9H18N2O/c1-3-8(2)11-5-4-10-6-9(12)7-11/h8,10H,3-7H2,1-2H3. The number of hydrogen-bond donors (Lipinski definition) is 1. The number of carbonyl (C=O) groups is 1. The van der Waals surface area contributed by atoms with Gasteiger partial charge in [0, 0.05) is 19.1 Å². The largest absolute Gasteiger partial charge is 0.309 e. The van der Waals surface area contributed by atoms with E-state index in [9.17, 15) is 4.79 Å². The number of rotatable bonds is 2. The molecule has 0 spiro atoms. The number of nitrogens with one attached hydrogen (secondary N) is 1. The summed E-state index contributed by atoms with van der Waals surface area (Å²) in [4.78, 5) is 13.5. The molecule has 3 nitrogen and oxygen atoms in total. The highest BCUT2D eigenvalue weighted by molar-refractivity contribution is 5.82. The SMILES string of the molecule is CCC(C)N1CCNCC(=O)C1. The van der Waals surface area contributed by atoms with Crippen LogP contribution < -0.4 is 5.32 Å². The van der Waals surface area contributed by atoms with Crippen molar-refractivity contribution in [2.75, 3.05) is 26.2 Å². The van der Waals surface area contributed by atoms with Gasteiger partial charge in [0.25, 0.3) is 0 Å². The molecule has 1 atom stereocenters. The minimum Gasteiger partial charge on any atom is -0.309 e. The molecule has 1 aliphatic rings. The molecule has 0 radical (unpaired) electrons. The van der Waals surface area contributed by atoms with Gasteiger partial charge in [-0.2, -0.15) is 0 Å². The van der Waals surface area contributed by atoms with Crippen LogP contribution in [0.25, 0.3) is 0 Å². The van der Waals surface area contributed by atoms with Crippen LogP contribution in [-0.2, 0) is 4.79 Å². The van der Waals surface area contributed by atoms with Gasteiger partial charge in [0.1, 0.15) is 0 Å². The Balaban J connectivity index is 2.46. The van der Waals surface area contributed by atoms with E-state index >= 15 is 0 Å². The maximum absolute atomic E-state index is 11.2. The van der Waals surface area contributed by atoms with Gasteiger partial charge in [0.2, 0.25) is 0 Å². The third kappa shape index (κ3) is 2.57. The van der Waals surface area contributed by atoms with Gasteiger partial charge in [-0.05, 0) is 13.3 Å². The lowest BCUT2D eigenvalue weighted by atomic mass is 10.2. The maximum atomic E-state index is 11.2. The van der Waals surface area contributed by atoms with Crippen molar-refractivity contribution in [1.82, 2.24) is 10.2 Å². The van der Waals surface area contributed by atoms with Gasteiger partial charge >= 0.3 is 0 Å². The van der Waals surface area contributed by atoms with Crippen molar-refractivity contribution in [2.24, 2.45) is 0 Å². The number of carbonyl (C=O) groups excluding carboxylic acids is 1. The van der Waals surface area contributed by atoms with Crippen molar-refractivity contribution in [3.63, 3.8) is 0 Å². The molecule has 0 saturated carbocycles. The zero-order chi connectivity index (χ0) is 8.97. The molecule has 0 aromatic carbocycles. The number of Topliss-reactive ketones (excluding diaryl/α,β-unsaturated/α-hetero) is 1. The first-order valence-electron chi connectivity index (χ1n) is 4.70. The van der Waals surface area contributed by atoms with Gasteiger partial charge in [-0.1, -0.05) is 6.92 Å². The molecular formula is C9H18N2O. The molecule has 1 saturated heterocycles. The fraction of sp³-hybridized carbons (Fsp3) is 0.889. The molecule has 1 unspecified atom stereocenters. The highest BCUT2D eigenvalue weighted by Gasteiger charge is 2.17. The van der Waals surface area contributed by atoms with Crippen LogP contribution in [0.5, 0.6) is 0 Å². The van der Waals surface area contributed by atoms with Crippen molar-refractivity contribution in [3.05, 3.63) is 0 Å². The smallest absolute Gasteiger partial charge is 0.160 e. The molecule has 12 heavy (non-hydrogen) atoms. The van der Waals surface area contributed by atoms with E-state index < -0.39 is 0 Å². The van der Waals surface area contributed by atoms with E-state index in [0.717, 1.165) is 19.5 Å². The second kappa shape index (κ2) is 4.58. The normalized spacial score (nSPS) is 23.7. The Bertz CT molecular complexity index is 159. The van der Waals surface area contributed by atoms with Crippen molar-refractivity contribution in [1.29, 1.82) is 0 Å². The Hall–Kier alpha value is -0.410. The fourth-order valence-corrected chi connectivity index (χ4v) is 1.45. The molecule has 1 fully saturated rings. The Labute approximate surface area is 74.1 Å². The first-order chi connectivity index (χ1) is 5.74. The van der Waals surface area contributed by atoms with E-state index in [1.165, 1.54) is 0 Å². The Morgan fingerprint density at radius 1 is 1.67 bits per heavy atom. The van der Waals surface area contributed by atoms with Crippen LogP contribution in [0.2, 0.25) is 0 Å². The molecule has 0 amide bonds. The van der Waals surface area contributed by atoms with E-state index in [4.69, 9.17) is 0 Å². The van der Waals surface area contributed by atoms with Crippen molar-refractivity contribution >= 4 is 5.78 Å². The monoisotopic (exact) mass is 170 g/mol. The first kappa shape index (κ1) is 9.68. The van der Waals surface area contributed by atoms with Crippen LogP contribution in [0, 0.1) is 0 Å². The summed E-state index contributed by atoms with van der Waals surface area (Å²) in [6, 6.07) is 0.536. The summed E-state index contributed by atoms with van der Waals surface area (Å²) in [5.41, 5.74) is 0. The quantitative estimate of drug-likeness (QED) is 0.645. The molecule has 1 rings (SSSR count). The Morgan fingerprint density at radius 3 is 3.08 bits per heavy atom. The lowest BCUT2D eigenvalue weighted by molar-refractivity contribution is -0.119. The summed E-state index contributed by atoms with van der Waals surface area (Å²) in [7, 11) is 0. The lowest BCUT2D eigenvalue weighted by Gasteiger charge is -2.25. The molecular weight excluding hydrogens is 152 g/mol. The second-order valence-corrected chi connectivity index (χ2v) is 3.44. The third-order valence-electron chi connectivity index (χ3n) is 2.49. The predicted molar refractivity (Wildman–Crippen MR) is 49.2 cm³/mol. The van der Waals surface area contributed by atoms with E-state index in [2.05, 4.69) is 24.1 Å². The first-order valence-corrected chi connectivity index (χ1v) is 4.70. The van der Waals surface area contributed by atoms with Crippen molar-refractivity contribution in [3.8, 4) is 0 Å². The number of nitrogens with zero attached hydrogens (tertiary/aromatic N) is 1. The van der Waals surface area contributed by atoms with Gasteiger partial charge in [-0.25, -0.2) is 0 Å². The van der Waals surface area contributed by atoms with Crippen LogP contribution in [0.1, 0.15) is 20.3 Å². The van der Waals surface area contributed by atoms with Gasteiger partial charge in [0.15, 0.2) is 5.78 Å². The van der Waals surface area contributed by atoms with Crippen molar-refractivity contribution < 1.29 is 4.79 Å². The number of hydrogen-bond acceptors (Lipinski definition) is 3. The molecule has 0 aromatic heterocycles. The minimum atomic E-state index is 0.313. The Morgan fingerprint density at radius 2 is 2.42 bits per heavy atom. The summed E-state index contributed by atoms with van der Waals surface area (Å²) in [5, 5.41) is 3.11. The zero-order valence-electron chi connectivity index (χ0n) is 7.97. The average molecular weight is 170 g/mol. The van der Waals surface area contributed by atoms with E-state index in [-0.39, 0.29) is 0 Å². The van der Waals surface area contributed by atoms with Crippen LogP contribution in [0.3, 0.4) is 0 Å². The highest BCUT2D eigenvalue weighted by Crippen LogP contribution is 2.03. The lowest BCUT2D eigenvalue weighted by Crippen LogP contribution is -2.37. The van der Waals surface area contributed by atoms with Crippen LogP contribution in [0.4, 0.5) is 0 Å². The summed E-state index contributed by atoms with van der Waals surface area (Å²) >= 11 is 0. The maximum Gasteiger partial charge on any atom is 0.160 e. The molecule has 3 heteroatoms. The molecule has 70 valence electrons. The van der Waals surface area contributed by atoms with Crippen molar-refractivity contribution in [2.45, 2.75) is 26.3 Å². The molecule has 0 aliphatic carbocycles. The summed E-state index contributed by atoms with van der Waals surface area (Å²) in [5.74, 6) is 0.313. The molecule has 1 heterocycles. The van der Waals surface area contributed by atoms with Gasteiger partial charge in [0.05, 0.1) is 13.1 Å². The van der Waals surface area contributed by atoms with E-state index in [0.29, 0.717) is 24.9 Å². The van der Waals surface area contributed by atoms with Gasteiger partial charge in [-0.3, -0.25) is 9.69 Å². The fourth-order valence-electron chi connectivity index (χ4n) is 1.45. The van der Waals surface area contributed by atoms with Crippen LogP contribution in [-0.4, -0.2) is 42.9 Å². The summed E-state index contributed by atoms with van der Waals surface area (Å²) in [6.45, 7) is 7.46. The zero-order valence-corrected chi connectivity index (χ0v) is 7.97. The van der Waals surface area contributed by atoms with E-state index in [1.54, 1.807) is 0 Å². The predicted octanol–water partition coefficient (Wildman–Crippen LogP) is 0.259. The molecule has 0 bridgehead atoms. The van der Waals surface area contributed by atoms with Gasteiger partial charge < -0.3 is 5.32 Å². The number of ketones is 1. The molecule has 0 aromatic rings. The van der Waals surface area contributed by atoms with Gasteiger partial charge in [-0.15, -0.1) is 0 Å². The third-order valence-corrected chi connectivity index (χ3v) is 2.49. The molecule has 1 aliphatic heterocycles. The minimum absolute atomic E-state index is 0.313. The topological polar surface area (TPSA) is 32.3 Å². The van der Waals surface area contributed by atoms with E-state index in [1.807, 2.05) is 0 Å². The second-order valence-electron chi connectivity index (χ2n) is 3.44. The molecule has 1 N–H and O–H groups in total.